The smallest absolute Gasteiger partial charge is 0.242 e. The van der Waals surface area contributed by atoms with Gasteiger partial charge in [-0.05, 0) is 25.0 Å². The predicted molar refractivity (Wildman–Crippen MR) is 67.4 cm³/mol. The van der Waals surface area contributed by atoms with Gasteiger partial charge in [-0.15, -0.1) is 0 Å². The van der Waals surface area contributed by atoms with Gasteiger partial charge in [0.2, 0.25) is 15.9 Å². The van der Waals surface area contributed by atoms with Crippen molar-refractivity contribution in [2.24, 2.45) is 0 Å². The summed E-state index contributed by atoms with van der Waals surface area (Å²) in [7, 11) is -3.33. The van der Waals surface area contributed by atoms with Crippen LogP contribution in [0.25, 0.3) is 0 Å². The lowest BCUT2D eigenvalue weighted by molar-refractivity contribution is -0.119. The molecule has 1 fully saturated rings. The first kappa shape index (κ1) is 13.0. The summed E-state index contributed by atoms with van der Waals surface area (Å²) in [5.74, 6) is -0.300. The lowest BCUT2D eigenvalue weighted by atomic mass is 10.2. The fourth-order valence-electron chi connectivity index (χ4n) is 2.06. The third-order valence-corrected chi connectivity index (χ3v) is 4.15. The van der Waals surface area contributed by atoms with Crippen molar-refractivity contribution in [3.8, 4) is 0 Å². The molecule has 1 saturated heterocycles. The zero-order valence-corrected chi connectivity index (χ0v) is 10.9. The molecule has 0 bridgehead atoms. The highest BCUT2D eigenvalue weighted by Gasteiger charge is 2.36. The highest BCUT2D eigenvalue weighted by molar-refractivity contribution is 7.88. The molecular formula is C11H15N3O3S. The van der Waals surface area contributed by atoms with Crippen LogP contribution in [0.4, 0.5) is 5.69 Å². The quantitative estimate of drug-likeness (QED) is 0.863. The van der Waals surface area contributed by atoms with Crippen LogP contribution < -0.4 is 5.32 Å². The van der Waals surface area contributed by atoms with E-state index in [1.807, 2.05) is 0 Å². The van der Waals surface area contributed by atoms with Crippen molar-refractivity contribution in [2.45, 2.75) is 18.9 Å². The van der Waals surface area contributed by atoms with E-state index < -0.39 is 16.1 Å². The molecular weight excluding hydrogens is 254 g/mol. The summed E-state index contributed by atoms with van der Waals surface area (Å²) >= 11 is 0. The van der Waals surface area contributed by atoms with Crippen LogP contribution in [-0.4, -0.2) is 42.5 Å². The van der Waals surface area contributed by atoms with E-state index in [0.717, 1.165) is 6.26 Å². The molecule has 0 aliphatic carbocycles. The van der Waals surface area contributed by atoms with E-state index in [2.05, 4.69) is 10.3 Å². The Kier molecular flexibility index (Phi) is 3.63. The average Bonchev–Trinajstić information content (AvgIpc) is 2.79. The number of pyridine rings is 1. The summed E-state index contributed by atoms with van der Waals surface area (Å²) < 4.78 is 24.3. The zero-order valence-electron chi connectivity index (χ0n) is 10.0. The van der Waals surface area contributed by atoms with Crippen molar-refractivity contribution in [3.05, 3.63) is 24.5 Å². The minimum Gasteiger partial charge on any atom is -0.323 e. The van der Waals surface area contributed by atoms with E-state index >= 15 is 0 Å². The molecule has 6 nitrogen and oxygen atoms in total. The van der Waals surface area contributed by atoms with Crippen LogP contribution in [0, 0.1) is 0 Å². The molecule has 0 saturated carbocycles. The minimum atomic E-state index is -3.33. The molecule has 1 N–H and O–H groups in total. The van der Waals surface area contributed by atoms with Gasteiger partial charge >= 0.3 is 0 Å². The van der Waals surface area contributed by atoms with Crippen LogP contribution in [0.1, 0.15) is 12.8 Å². The van der Waals surface area contributed by atoms with Gasteiger partial charge in [0.1, 0.15) is 6.04 Å². The molecule has 1 aromatic heterocycles. The standard InChI is InChI=1S/C11H15N3O3S/c1-18(16,17)14-7-3-5-10(14)11(15)13-9-4-2-6-12-8-9/h2,4,6,8,10H,3,5,7H2,1H3,(H,13,15). The van der Waals surface area contributed by atoms with E-state index in [1.54, 1.807) is 18.3 Å². The maximum atomic E-state index is 12.0. The van der Waals surface area contributed by atoms with Crippen molar-refractivity contribution in [3.63, 3.8) is 0 Å². The normalized spacial score (nSPS) is 20.8. The largest absolute Gasteiger partial charge is 0.323 e. The Labute approximate surface area is 106 Å². The Bertz CT molecular complexity index is 530. The lowest BCUT2D eigenvalue weighted by Gasteiger charge is -2.21. The third kappa shape index (κ3) is 2.85. The number of rotatable bonds is 3. The number of aromatic nitrogens is 1. The minimum absolute atomic E-state index is 0.300. The van der Waals surface area contributed by atoms with E-state index in [4.69, 9.17) is 0 Å². The fraction of sp³-hybridized carbons (Fsp3) is 0.455. The SMILES string of the molecule is CS(=O)(=O)N1CCCC1C(=O)Nc1cccnc1. The summed E-state index contributed by atoms with van der Waals surface area (Å²) in [6.45, 7) is 0.407. The first-order valence-corrected chi connectivity index (χ1v) is 7.51. The molecule has 2 heterocycles. The molecule has 1 atom stereocenters. The van der Waals surface area contributed by atoms with Crippen molar-refractivity contribution in [1.82, 2.24) is 9.29 Å². The van der Waals surface area contributed by atoms with Gasteiger partial charge in [-0.25, -0.2) is 8.42 Å². The molecule has 0 radical (unpaired) electrons. The first-order chi connectivity index (χ1) is 8.48. The molecule has 98 valence electrons. The molecule has 1 unspecified atom stereocenters. The zero-order chi connectivity index (χ0) is 13.2. The second kappa shape index (κ2) is 5.03. The van der Waals surface area contributed by atoms with Crippen molar-refractivity contribution in [2.75, 3.05) is 18.1 Å². The summed E-state index contributed by atoms with van der Waals surface area (Å²) in [6, 6.07) is 2.81. The van der Waals surface area contributed by atoms with E-state index in [0.29, 0.717) is 25.1 Å². The molecule has 1 aliphatic heterocycles. The van der Waals surface area contributed by atoms with Gasteiger partial charge in [0, 0.05) is 12.7 Å². The molecule has 7 heteroatoms. The summed E-state index contributed by atoms with van der Waals surface area (Å²) in [6.07, 6.45) is 5.52. The molecule has 1 amide bonds. The predicted octanol–water partition coefficient (Wildman–Crippen LogP) is 0.444. The van der Waals surface area contributed by atoms with Gasteiger partial charge < -0.3 is 5.32 Å². The molecule has 18 heavy (non-hydrogen) atoms. The van der Waals surface area contributed by atoms with Gasteiger partial charge in [-0.3, -0.25) is 9.78 Å². The second-order valence-corrected chi connectivity index (χ2v) is 6.20. The number of hydrogen-bond acceptors (Lipinski definition) is 4. The molecule has 1 aromatic rings. The Morgan fingerprint density at radius 3 is 2.94 bits per heavy atom. The van der Waals surface area contributed by atoms with Gasteiger partial charge in [0.05, 0.1) is 18.1 Å². The van der Waals surface area contributed by atoms with Gasteiger partial charge in [-0.1, -0.05) is 0 Å². The Morgan fingerprint density at radius 2 is 2.33 bits per heavy atom. The number of carbonyl (C=O) groups is 1. The maximum absolute atomic E-state index is 12.0. The molecule has 0 aromatic carbocycles. The van der Waals surface area contributed by atoms with Crippen molar-refractivity contribution < 1.29 is 13.2 Å². The summed E-state index contributed by atoms with van der Waals surface area (Å²) in [5, 5.41) is 2.68. The van der Waals surface area contributed by atoms with Gasteiger partial charge in [0.25, 0.3) is 0 Å². The summed E-state index contributed by atoms with van der Waals surface area (Å²) in [5.41, 5.74) is 0.572. The number of anilines is 1. The highest BCUT2D eigenvalue weighted by atomic mass is 32.2. The number of hydrogen-bond donors (Lipinski definition) is 1. The number of nitrogens with one attached hydrogen (secondary N) is 1. The highest BCUT2D eigenvalue weighted by Crippen LogP contribution is 2.21. The number of nitrogens with zero attached hydrogens (tertiary/aromatic N) is 2. The van der Waals surface area contributed by atoms with Crippen molar-refractivity contribution >= 4 is 21.6 Å². The lowest BCUT2D eigenvalue weighted by Crippen LogP contribution is -2.42. The maximum Gasteiger partial charge on any atom is 0.242 e. The van der Waals surface area contributed by atoms with Crippen LogP contribution in [0.15, 0.2) is 24.5 Å². The number of carbonyl (C=O) groups excluding carboxylic acids is 1. The first-order valence-electron chi connectivity index (χ1n) is 5.66. The van der Waals surface area contributed by atoms with Crippen LogP contribution in [-0.2, 0) is 14.8 Å². The molecule has 0 spiro atoms. The summed E-state index contributed by atoms with van der Waals surface area (Å²) in [4.78, 5) is 15.9. The van der Waals surface area contributed by atoms with Crippen LogP contribution >= 0.6 is 0 Å². The van der Waals surface area contributed by atoms with E-state index in [1.165, 1.54) is 10.5 Å². The topological polar surface area (TPSA) is 79.4 Å². The number of sulfonamides is 1. The van der Waals surface area contributed by atoms with E-state index in [-0.39, 0.29) is 5.91 Å². The monoisotopic (exact) mass is 269 g/mol. The Balaban J connectivity index is 2.10. The average molecular weight is 269 g/mol. The third-order valence-electron chi connectivity index (χ3n) is 2.86. The van der Waals surface area contributed by atoms with E-state index in [9.17, 15) is 13.2 Å². The Hall–Kier alpha value is -1.47. The molecule has 1 aliphatic rings. The van der Waals surface area contributed by atoms with Gasteiger partial charge in [-0.2, -0.15) is 4.31 Å². The molecule has 2 rings (SSSR count). The van der Waals surface area contributed by atoms with Crippen molar-refractivity contribution in [1.29, 1.82) is 0 Å². The Morgan fingerprint density at radius 1 is 1.56 bits per heavy atom. The number of amides is 1. The van der Waals surface area contributed by atoms with Crippen LogP contribution in [0.5, 0.6) is 0 Å². The fourth-order valence-corrected chi connectivity index (χ4v) is 3.19. The van der Waals surface area contributed by atoms with Crippen LogP contribution in [0.3, 0.4) is 0 Å². The van der Waals surface area contributed by atoms with Crippen LogP contribution in [0.2, 0.25) is 0 Å². The van der Waals surface area contributed by atoms with Gasteiger partial charge in [0.15, 0.2) is 0 Å². The second-order valence-electron chi connectivity index (χ2n) is 4.26.